The van der Waals surface area contributed by atoms with Crippen LogP contribution in [0, 0.1) is 6.92 Å². The number of aryl methyl sites for hydroxylation is 1. The summed E-state index contributed by atoms with van der Waals surface area (Å²) in [5.41, 5.74) is 3.49. The topological polar surface area (TPSA) is 36.4 Å². The van der Waals surface area contributed by atoms with Crippen molar-refractivity contribution in [1.82, 2.24) is 9.88 Å². The van der Waals surface area contributed by atoms with Crippen LogP contribution in [-0.4, -0.2) is 34.9 Å². The van der Waals surface area contributed by atoms with Crippen LogP contribution in [-0.2, 0) is 11.3 Å². The molecule has 2 heterocycles. The predicted octanol–water partition coefficient (Wildman–Crippen LogP) is 3.80. The Balaban J connectivity index is 1.67. The maximum atomic E-state index is 12.6. The SMILES string of the molecule is CCC(=O)N(c1cccc(C)c1)C1CCN(Cc2cccnc2)CC1. The number of hydrogen-bond donors (Lipinski definition) is 0. The van der Waals surface area contributed by atoms with Gasteiger partial charge in [-0.25, -0.2) is 0 Å². The van der Waals surface area contributed by atoms with E-state index < -0.39 is 0 Å². The van der Waals surface area contributed by atoms with E-state index in [1.165, 1.54) is 11.1 Å². The number of piperidine rings is 1. The molecule has 25 heavy (non-hydrogen) atoms. The second-order valence-corrected chi connectivity index (χ2v) is 6.82. The molecule has 1 amide bonds. The van der Waals surface area contributed by atoms with Crippen molar-refractivity contribution in [1.29, 1.82) is 0 Å². The summed E-state index contributed by atoms with van der Waals surface area (Å²) in [4.78, 5) is 21.3. The molecule has 0 saturated carbocycles. The lowest BCUT2D eigenvalue weighted by Crippen LogP contribution is -2.47. The molecule has 1 aromatic carbocycles. The fourth-order valence-corrected chi connectivity index (χ4v) is 3.59. The molecule has 0 atom stereocenters. The zero-order valence-corrected chi connectivity index (χ0v) is 15.2. The van der Waals surface area contributed by atoms with E-state index in [2.05, 4.69) is 41.1 Å². The maximum Gasteiger partial charge on any atom is 0.226 e. The van der Waals surface area contributed by atoms with E-state index in [-0.39, 0.29) is 5.91 Å². The molecule has 2 aromatic rings. The van der Waals surface area contributed by atoms with Crippen LogP contribution in [0.3, 0.4) is 0 Å². The van der Waals surface area contributed by atoms with Gasteiger partial charge < -0.3 is 4.90 Å². The first kappa shape index (κ1) is 17.6. The average Bonchev–Trinajstić information content (AvgIpc) is 2.64. The number of hydrogen-bond acceptors (Lipinski definition) is 3. The number of aromatic nitrogens is 1. The zero-order chi connectivity index (χ0) is 17.6. The third-order valence-corrected chi connectivity index (χ3v) is 4.90. The van der Waals surface area contributed by atoms with Crippen LogP contribution >= 0.6 is 0 Å². The number of rotatable bonds is 5. The van der Waals surface area contributed by atoms with Gasteiger partial charge in [-0.05, 0) is 49.1 Å². The van der Waals surface area contributed by atoms with E-state index in [1.54, 1.807) is 0 Å². The summed E-state index contributed by atoms with van der Waals surface area (Å²) in [7, 11) is 0. The predicted molar refractivity (Wildman–Crippen MR) is 101 cm³/mol. The summed E-state index contributed by atoms with van der Waals surface area (Å²) >= 11 is 0. The Morgan fingerprint density at radius 2 is 2.04 bits per heavy atom. The van der Waals surface area contributed by atoms with Crippen LogP contribution in [0.5, 0.6) is 0 Å². The van der Waals surface area contributed by atoms with Gasteiger partial charge in [0.2, 0.25) is 5.91 Å². The highest BCUT2D eigenvalue weighted by Gasteiger charge is 2.28. The molecule has 132 valence electrons. The first-order valence-corrected chi connectivity index (χ1v) is 9.17. The van der Waals surface area contributed by atoms with Gasteiger partial charge in [-0.2, -0.15) is 0 Å². The van der Waals surface area contributed by atoms with Crippen LogP contribution in [0.1, 0.15) is 37.3 Å². The summed E-state index contributed by atoms with van der Waals surface area (Å²) in [5.74, 6) is 0.219. The van der Waals surface area contributed by atoms with Crippen molar-refractivity contribution in [3.05, 3.63) is 59.9 Å². The summed E-state index contributed by atoms with van der Waals surface area (Å²) in [6.07, 6.45) is 6.32. The lowest BCUT2D eigenvalue weighted by molar-refractivity contribution is -0.119. The van der Waals surface area contributed by atoms with Crippen LogP contribution < -0.4 is 4.90 Å². The fourth-order valence-electron chi connectivity index (χ4n) is 3.59. The number of anilines is 1. The quantitative estimate of drug-likeness (QED) is 0.833. The van der Waals surface area contributed by atoms with Gasteiger partial charge in [0.1, 0.15) is 0 Å². The lowest BCUT2D eigenvalue weighted by atomic mass is 10.0. The van der Waals surface area contributed by atoms with Crippen molar-refractivity contribution in [3.63, 3.8) is 0 Å². The molecule has 0 bridgehead atoms. The van der Waals surface area contributed by atoms with Gasteiger partial charge in [-0.1, -0.05) is 25.1 Å². The highest BCUT2D eigenvalue weighted by molar-refractivity contribution is 5.93. The minimum atomic E-state index is 0.219. The number of pyridine rings is 1. The van der Waals surface area contributed by atoms with E-state index in [1.807, 2.05) is 36.4 Å². The van der Waals surface area contributed by atoms with Crippen molar-refractivity contribution in [2.75, 3.05) is 18.0 Å². The standard InChI is InChI=1S/C21H27N3O/c1-3-21(25)24(20-8-4-6-17(2)14-20)19-9-12-23(13-10-19)16-18-7-5-11-22-15-18/h4-8,11,14-15,19H,3,9-10,12-13,16H2,1-2H3. The molecule has 1 fully saturated rings. The Kier molecular flexibility index (Phi) is 5.82. The monoisotopic (exact) mass is 337 g/mol. The largest absolute Gasteiger partial charge is 0.309 e. The van der Waals surface area contributed by atoms with Crippen molar-refractivity contribution in [3.8, 4) is 0 Å². The third kappa shape index (κ3) is 4.45. The van der Waals surface area contributed by atoms with E-state index in [0.717, 1.165) is 38.2 Å². The first-order chi connectivity index (χ1) is 12.2. The van der Waals surface area contributed by atoms with Crippen molar-refractivity contribution in [2.45, 2.75) is 45.7 Å². The highest BCUT2D eigenvalue weighted by atomic mass is 16.2. The number of nitrogens with zero attached hydrogens (tertiary/aromatic N) is 3. The molecule has 1 aromatic heterocycles. The summed E-state index contributed by atoms with van der Waals surface area (Å²) in [6, 6.07) is 12.7. The minimum absolute atomic E-state index is 0.219. The van der Waals surface area contributed by atoms with Gasteiger partial charge in [-0.15, -0.1) is 0 Å². The molecule has 4 nitrogen and oxygen atoms in total. The minimum Gasteiger partial charge on any atom is -0.309 e. The summed E-state index contributed by atoms with van der Waals surface area (Å²) in [6.45, 7) is 6.99. The molecule has 0 N–H and O–H groups in total. The second kappa shape index (κ2) is 8.26. The van der Waals surface area contributed by atoms with E-state index in [4.69, 9.17) is 0 Å². The van der Waals surface area contributed by atoms with E-state index in [0.29, 0.717) is 12.5 Å². The van der Waals surface area contributed by atoms with Gasteiger partial charge in [0.25, 0.3) is 0 Å². The maximum absolute atomic E-state index is 12.6. The Bertz CT molecular complexity index is 693. The summed E-state index contributed by atoms with van der Waals surface area (Å²) < 4.78 is 0. The van der Waals surface area contributed by atoms with Crippen LogP contribution in [0.15, 0.2) is 48.8 Å². The van der Waals surface area contributed by atoms with Gasteiger partial charge in [0, 0.05) is 50.2 Å². The smallest absolute Gasteiger partial charge is 0.226 e. The lowest BCUT2D eigenvalue weighted by Gasteiger charge is -2.38. The van der Waals surface area contributed by atoms with E-state index >= 15 is 0 Å². The van der Waals surface area contributed by atoms with Crippen LogP contribution in [0.4, 0.5) is 5.69 Å². The van der Waals surface area contributed by atoms with Gasteiger partial charge in [0.05, 0.1) is 0 Å². The Hall–Kier alpha value is -2.20. The molecule has 3 rings (SSSR count). The molecule has 0 spiro atoms. The Morgan fingerprint density at radius 3 is 2.68 bits per heavy atom. The summed E-state index contributed by atoms with van der Waals surface area (Å²) in [5, 5.41) is 0. The molecule has 1 saturated heterocycles. The number of benzene rings is 1. The molecule has 0 unspecified atom stereocenters. The average molecular weight is 337 g/mol. The first-order valence-electron chi connectivity index (χ1n) is 9.17. The highest BCUT2D eigenvalue weighted by Crippen LogP contribution is 2.26. The number of amides is 1. The molecule has 1 aliphatic heterocycles. The molecule has 1 aliphatic rings. The second-order valence-electron chi connectivity index (χ2n) is 6.82. The number of carbonyl (C=O) groups is 1. The Morgan fingerprint density at radius 1 is 1.24 bits per heavy atom. The van der Waals surface area contributed by atoms with Crippen LogP contribution in [0.25, 0.3) is 0 Å². The normalized spacial score (nSPS) is 15.9. The fraction of sp³-hybridized carbons (Fsp3) is 0.429. The zero-order valence-electron chi connectivity index (χ0n) is 15.2. The molecular formula is C21H27N3O. The van der Waals surface area contributed by atoms with Gasteiger partial charge in [-0.3, -0.25) is 14.7 Å². The van der Waals surface area contributed by atoms with Crippen molar-refractivity contribution in [2.24, 2.45) is 0 Å². The van der Waals surface area contributed by atoms with Crippen molar-refractivity contribution < 1.29 is 4.79 Å². The number of carbonyl (C=O) groups excluding carboxylic acids is 1. The molecular weight excluding hydrogens is 310 g/mol. The van der Waals surface area contributed by atoms with Crippen molar-refractivity contribution >= 4 is 11.6 Å². The molecule has 0 radical (unpaired) electrons. The molecule has 4 heteroatoms. The Labute approximate surface area is 150 Å². The van der Waals surface area contributed by atoms with Crippen LogP contribution in [0.2, 0.25) is 0 Å². The third-order valence-electron chi connectivity index (χ3n) is 4.90. The van der Waals surface area contributed by atoms with Gasteiger partial charge in [0.15, 0.2) is 0 Å². The number of likely N-dealkylation sites (tertiary alicyclic amines) is 1. The molecule has 0 aliphatic carbocycles. The van der Waals surface area contributed by atoms with Gasteiger partial charge >= 0.3 is 0 Å². The van der Waals surface area contributed by atoms with E-state index in [9.17, 15) is 4.79 Å².